The van der Waals surface area contributed by atoms with Gasteiger partial charge >= 0.3 is 0 Å². The molecule has 2 amide bonds. The number of hydrogen-bond donors (Lipinski definition) is 1. The van der Waals surface area contributed by atoms with Crippen LogP contribution in [-0.2, 0) is 26.2 Å². The van der Waals surface area contributed by atoms with Crippen molar-refractivity contribution in [3.63, 3.8) is 0 Å². The standard InChI is InChI=1S/C25H31Cl2N3O6S/c1-4-21(25(32)28-5-2)29(15-18-19(26)8-6-9-20(18)27)24(31)10-7-13-30(37(3,33)34)17-11-12-22-23(14-17)36-16-35-22/h6,8-9,11-12,14,21H,4-5,7,10,13,15-16H2,1-3H3,(H,28,32). The van der Waals surface area contributed by atoms with Crippen molar-refractivity contribution in [2.24, 2.45) is 0 Å². The van der Waals surface area contributed by atoms with E-state index in [9.17, 15) is 18.0 Å². The van der Waals surface area contributed by atoms with Crippen LogP contribution in [0.4, 0.5) is 5.69 Å². The largest absolute Gasteiger partial charge is 0.454 e. The highest BCUT2D eigenvalue weighted by molar-refractivity contribution is 7.92. The minimum Gasteiger partial charge on any atom is -0.454 e. The van der Waals surface area contributed by atoms with Gasteiger partial charge in [-0.3, -0.25) is 13.9 Å². The van der Waals surface area contributed by atoms with Gasteiger partial charge in [-0.15, -0.1) is 0 Å². The Morgan fingerprint density at radius 3 is 2.38 bits per heavy atom. The van der Waals surface area contributed by atoms with Crippen LogP contribution < -0.4 is 19.1 Å². The zero-order chi connectivity index (χ0) is 27.2. The summed E-state index contributed by atoms with van der Waals surface area (Å²) in [5.41, 5.74) is 0.952. The number of amides is 2. The van der Waals surface area contributed by atoms with Gasteiger partial charge in [-0.25, -0.2) is 8.42 Å². The summed E-state index contributed by atoms with van der Waals surface area (Å²) in [7, 11) is -3.64. The number of hydrogen-bond acceptors (Lipinski definition) is 6. The minimum atomic E-state index is -3.64. The summed E-state index contributed by atoms with van der Waals surface area (Å²) in [5, 5.41) is 3.56. The number of carbonyl (C=O) groups excluding carboxylic acids is 2. The Morgan fingerprint density at radius 1 is 1.08 bits per heavy atom. The van der Waals surface area contributed by atoms with Gasteiger partial charge in [0.05, 0.1) is 11.9 Å². The van der Waals surface area contributed by atoms with Gasteiger partial charge in [0.15, 0.2) is 11.5 Å². The molecule has 1 N–H and O–H groups in total. The Kier molecular flexibility index (Phi) is 9.92. The van der Waals surface area contributed by atoms with Crippen molar-refractivity contribution in [1.29, 1.82) is 0 Å². The highest BCUT2D eigenvalue weighted by Crippen LogP contribution is 2.36. The predicted octanol–water partition coefficient (Wildman–Crippen LogP) is 4.21. The Bertz CT molecular complexity index is 1220. The van der Waals surface area contributed by atoms with Crippen molar-refractivity contribution in [3.8, 4) is 11.5 Å². The third-order valence-corrected chi connectivity index (χ3v) is 7.83. The zero-order valence-corrected chi connectivity index (χ0v) is 23.3. The van der Waals surface area contributed by atoms with Gasteiger partial charge in [0.1, 0.15) is 6.04 Å². The smallest absolute Gasteiger partial charge is 0.242 e. The Hall–Kier alpha value is -2.69. The summed E-state index contributed by atoms with van der Waals surface area (Å²) < 4.78 is 37.0. The fraction of sp³-hybridized carbons (Fsp3) is 0.440. The number of likely N-dealkylation sites (N-methyl/N-ethyl adjacent to an activating group) is 1. The minimum absolute atomic E-state index is 0.00848. The third-order valence-electron chi connectivity index (χ3n) is 5.92. The normalized spacial score (nSPS) is 13.2. The molecular formula is C25H31Cl2N3O6S. The molecule has 2 aromatic carbocycles. The molecule has 0 aliphatic carbocycles. The molecule has 0 fully saturated rings. The number of anilines is 1. The second-order valence-electron chi connectivity index (χ2n) is 8.52. The first-order valence-electron chi connectivity index (χ1n) is 11.9. The second-order valence-corrected chi connectivity index (χ2v) is 11.2. The van der Waals surface area contributed by atoms with E-state index in [2.05, 4.69) is 5.32 Å². The van der Waals surface area contributed by atoms with E-state index in [0.717, 1.165) is 6.26 Å². The first kappa shape index (κ1) is 28.9. The second kappa shape index (κ2) is 12.7. The van der Waals surface area contributed by atoms with Crippen LogP contribution in [0.25, 0.3) is 0 Å². The molecule has 1 atom stereocenters. The van der Waals surface area contributed by atoms with Gasteiger partial charge in [-0.2, -0.15) is 0 Å². The van der Waals surface area contributed by atoms with Gasteiger partial charge in [0.2, 0.25) is 28.6 Å². The van der Waals surface area contributed by atoms with Gasteiger partial charge in [-0.1, -0.05) is 36.2 Å². The average molecular weight is 573 g/mol. The molecule has 202 valence electrons. The average Bonchev–Trinajstić information content (AvgIpc) is 3.30. The van der Waals surface area contributed by atoms with Crippen molar-refractivity contribution in [3.05, 3.63) is 52.0 Å². The molecule has 9 nitrogen and oxygen atoms in total. The summed E-state index contributed by atoms with van der Waals surface area (Å²) in [6.07, 6.45) is 1.72. The van der Waals surface area contributed by atoms with Crippen molar-refractivity contribution in [2.75, 3.05) is 30.4 Å². The Morgan fingerprint density at radius 2 is 1.76 bits per heavy atom. The molecule has 3 rings (SSSR count). The summed E-state index contributed by atoms with van der Waals surface area (Å²) >= 11 is 12.7. The fourth-order valence-corrected chi connectivity index (χ4v) is 5.58. The molecule has 1 heterocycles. The number of fused-ring (bicyclic) bond motifs is 1. The van der Waals surface area contributed by atoms with E-state index in [0.29, 0.717) is 45.8 Å². The lowest BCUT2D eigenvalue weighted by Crippen LogP contribution is -2.49. The van der Waals surface area contributed by atoms with E-state index in [-0.39, 0.29) is 44.5 Å². The maximum absolute atomic E-state index is 13.5. The molecule has 0 saturated heterocycles. The first-order valence-corrected chi connectivity index (χ1v) is 14.5. The molecule has 0 radical (unpaired) electrons. The van der Waals surface area contributed by atoms with Crippen LogP contribution in [0.1, 0.15) is 38.7 Å². The Labute approximate surface area is 227 Å². The SMILES string of the molecule is CCNC(=O)C(CC)N(Cc1c(Cl)cccc1Cl)C(=O)CCCN(c1ccc2c(c1)OCO2)S(C)(=O)=O. The molecule has 0 aromatic heterocycles. The summed E-state index contributed by atoms with van der Waals surface area (Å²) in [6, 6.07) is 9.19. The van der Waals surface area contributed by atoms with Crippen molar-refractivity contribution in [2.45, 2.75) is 45.7 Å². The highest BCUT2D eigenvalue weighted by Gasteiger charge is 2.30. The molecule has 0 saturated carbocycles. The molecule has 0 spiro atoms. The van der Waals surface area contributed by atoms with Crippen LogP contribution in [0.3, 0.4) is 0 Å². The van der Waals surface area contributed by atoms with Crippen LogP contribution in [-0.4, -0.2) is 57.3 Å². The highest BCUT2D eigenvalue weighted by atomic mass is 35.5. The molecule has 1 unspecified atom stereocenters. The van der Waals surface area contributed by atoms with Gasteiger partial charge < -0.3 is 19.7 Å². The molecule has 0 bridgehead atoms. The molecule has 37 heavy (non-hydrogen) atoms. The lowest BCUT2D eigenvalue weighted by Gasteiger charge is -2.31. The van der Waals surface area contributed by atoms with Crippen LogP contribution in [0.15, 0.2) is 36.4 Å². The van der Waals surface area contributed by atoms with Gasteiger partial charge in [0.25, 0.3) is 0 Å². The topological polar surface area (TPSA) is 105 Å². The zero-order valence-electron chi connectivity index (χ0n) is 21.0. The summed E-state index contributed by atoms with van der Waals surface area (Å²) in [4.78, 5) is 27.7. The predicted molar refractivity (Wildman–Crippen MR) is 144 cm³/mol. The number of ether oxygens (including phenoxy) is 2. The quantitative estimate of drug-likeness (QED) is 0.409. The molecule has 1 aliphatic heterocycles. The number of rotatable bonds is 12. The maximum atomic E-state index is 13.5. The van der Waals surface area contributed by atoms with Gasteiger partial charge in [0, 0.05) is 47.7 Å². The van der Waals surface area contributed by atoms with E-state index in [1.165, 1.54) is 9.21 Å². The van der Waals surface area contributed by atoms with Crippen LogP contribution >= 0.6 is 23.2 Å². The number of carbonyl (C=O) groups is 2. The number of nitrogens with zero attached hydrogens (tertiary/aromatic N) is 2. The summed E-state index contributed by atoms with van der Waals surface area (Å²) in [5.74, 6) is 0.405. The lowest BCUT2D eigenvalue weighted by atomic mass is 10.1. The number of benzene rings is 2. The van der Waals surface area contributed by atoms with Crippen LogP contribution in [0.2, 0.25) is 10.0 Å². The van der Waals surface area contributed by atoms with Gasteiger partial charge in [-0.05, 0) is 44.0 Å². The van der Waals surface area contributed by atoms with E-state index >= 15 is 0 Å². The van der Waals surface area contributed by atoms with Crippen molar-refractivity contribution >= 4 is 50.7 Å². The van der Waals surface area contributed by atoms with E-state index < -0.39 is 16.1 Å². The molecular weight excluding hydrogens is 541 g/mol. The first-order chi connectivity index (χ1) is 17.6. The number of sulfonamides is 1. The van der Waals surface area contributed by atoms with E-state index in [4.69, 9.17) is 32.7 Å². The van der Waals surface area contributed by atoms with Crippen LogP contribution in [0.5, 0.6) is 11.5 Å². The molecule has 2 aromatic rings. The third kappa shape index (κ3) is 7.21. The van der Waals surface area contributed by atoms with E-state index in [1.54, 1.807) is 43.3 Å². The lowest BCUT2D eigenvalue weighted by molar-refractivity contribution is -0.141. The number of nitrogens with one attached hydrogen (secondary N) is 1. The summed E-state index contributed by atoms with van der Waals surface area (Å²) in [6.45, 7) is 4.22. The van der Waals surface area contributed by atoms with Crippen molar-refractivity contribution in [1.82, 2.24) is 10.2 Å². The fourth-order valence-electron chi connectivity index (χ4n) is 4.11. The Balaban J connectivity index is 1.79. The molecule has 12 heteroatoms. The number of halogens is 2. The van der Waals surface area contributed by atoms with E-state index in [1.807, 2.05) is 6.92 Å². The van der Waals surface area contributed by atoms with Crippen LogP contribution in [0, 0.1) is 0 Å². The molecule has 1 aliphatic rings. The monoisotopic (exact) mass is 571 g/mol. The maximum Gasteiger partial charge on any atom is 0.242 e. The van der Waals surface area contributed by atoms with Crippen molar-refractivity contribution < 1.29 is 27.5 Å².